The predicted molar refractivity (Wildman–Crippen MR) is 160 cm³/mol. The van der Waals surface area contributed by atoms with Crippen LogP contribution >= 0.6 is 0 Å². The molecule has 2 bridgehead atoms. The minimum absolute atomic E-state index is 0.215. The van der Waals surface area contributed by atoms with E-state index in [2.05, 4.69) is 76.5 Å². The van der Waals surface area contributed by atoms with Crippen molar-refractivity contribution in [1.29, 1.82) is 0 Å². The number of aromatic nitrogens is 3. The summed E-state index contributed by atoms with van der Waals surface area (Å²) in [6.45, 7) is 12.5. The molecule has 0 spiro atoms. The van der Waals surface area contributed by atoms with Crippen LogP contribution < -0.4 is 10.1 Å². The minimum atomic E-state index is -0.612. The van der Waals surface area contributed by atoms with Crippen LogP contribution in [0.4, 0.5) is 0 Å². The summed E-state index contributed by atoms with van der Waals surface area (Å²) in [6, 6.07) is 11.6. The number of H-pyrrole nitrogens is 1. The van der Waals surface area contributed by atoms with Crippen LogP contribution in [0.1, 0.15) is 81.0 Å². The molecule has 2 aliphatic rings. The van der Waals surface area contributed by atoms with Crippen molar-refractivity contribution in [2.24, 2.45) is 5.41 Å². The number of hydrogen-bond donors (Lipinski definition) is 2. The molecule has 0 saturated carbocycles. The van der Waals surface area contributed by atoms with E-state index in [1.54, 1.807) is 0 Å². The summed E-state index contributed by atoms with van der Waals surface area (Å²) in [5.74, 6) is 1.25. The van der Waals surface area contributed by atoms with Gasteiger partial charge in [0.25, 0.3) is 0 Å². The number of aromatic amines is 1. The first-order valence-corrected chi connectivity index (χ1v) is 15.0. The van der Waals surface area contributed by atoms with Gasteiger partial charge in [-0.1, -0.05) is 24.1 Å². The van der Waals surface area contributed by atoms with Gasteiger partial charge in [0.1, 0.15) is 6.61 Å². The fraction of sp³-hybridized carbons (Fsp3) is 0.545. The van der Waals surface area contributed by atoms with Crippen LogP contribution in [-0.4, -0.2) is 57.8 Å². The Morgan fingerprint density at radius 3 is 2.38 bits per heavy atom. The number of carbonyl (C=O) groups is 1. The molecule has 2 N–H and O–H groups in total. The lowest BCUT2D eigenvalue weighted by Gasteiger charge is -2.32. The van der Waals surface area contributed by atoms with Crippen LogP contribution in [0.2, 0.25) is 0 Å². The molecule has 0 radical (unpaired) electrons. The maximum absolute atomic E-state index is 13.6. The number of amides is 1. The Balaban J connectivity index is 1.30. The second kappa shape index (κ2) is 12.1. The van der Waals surface area contributed by atoms with Gasteiger partial charge in [0, 0.05) is 42.1 Å². The smallest absolute Gasteiger partial charge is 0.236 e. The van der Waals surface area contributed by atoms with Crippen molar-refractivity contribution in [3.63, 3.8) is 0 Å². The summed E-state index contributed by atoms with van der Waals surface area (Å²) in [6.07, 6.45) is 10.1. The first-order valence-electron chi connectivity index (χ1n) is 15.0. The summed E-state index contributed by atoms with van der Waals surface area (Å²) in [5, 5.41) is 11.6. The second-order valence-corrected chi connectivity index (χ2v) is 12.4. The Hall–Kier alpha value is -3.19. The Kier molecular flexibility index (Phi) is 8.60. The third-order valence-corrected chi connectivity index (χ3v) is 8.79. The van der Waals surface area contributed by atoms with Gasteiger partial charge in [0.05, 0.1) is 11.1 Å². The zero-order valence-electron chi connectivity index (χ0n) is 24.8. The van der Waals surface area contributed by atoms with E-state index < -0.39 is 5.41 Å². The summed E-state index contributed by atoms with van der Waals surface area (Å²) in [7, 11) is 0. The van der Waals surface area contributed by atoms with E-state index in [1.165, 1.54) is 16.7 Å². The zero-order valence-corrected chi connectivity index (χ0v) is 24.8. The van der Waals surface area contributed by atoms with Crippen molar-refractivity contribution < 1.29 is 9.53 Å². The lowest BCUT2D eigenvalue weighted by molar-refractivity contribution is -0.143. The predicted octanol–water partition coefficient (Wildman–Crippen LogP) is 5.97. The highest BCUT2D eigenvalue weighted by atomic mass is 16.5. The van der Waals surface area contributed by atoms with Gasteiger partial charge in [0.2, 0.25) is 11.8 Å². The van der Waals surface area contributed by atoms with E-state index >= 15 is 0 Å². The number of nitrogens with one attached hydrogen (secondary N) is 2. The van der Waals surface area contributed by atoms with Crippen molar-refractivity contribution >= 4 is 5.91 Å². The molecule has 4 heterocycles. The topological polar surface area (TPSA) is 83.1 Å². The minimum Gasteiger partial charge on any atom is -0.475 e. The van der Waals surface area contributed by atoms with Gasteiger partial charge >= 0.3 is 0 Å². The number of nitrogens with zero attached hydrogens (tertiary/aromatic N) is 3. The molecule has 1 amide bonds. The molecule has 3 aromatic rings. The number of benzene rings is 1. The van der Waals surface area contributed by atoms with Gasteiger partial charge in [-0.05, 0) is 109 Å². The Labute approximate surface area is 239 Å². The van der Waals surface area contributed by atoms with Gasteiger partial charge in [-0.15, -0.1) is 5.10 Å². The monoisotopic (exact) mass is 543 g/mol. The normalized spacial score (nSPS) is 19.3. The highest BCUT2D eigenvalue weighted by Gasteiger charge is 2.46. The van der Waals surface area contributed by atoms with Gasteiger partial charge in [0.15, 0.2) is 0 Å². The molecule has 1 aromatic carbocycles. The lowest BCUT2D eigenvalue weighted by Crippen LogP contribution is -2.46. The molecule has 40 heavy (non-hydrogen) atoms. The van der Waals surface area contributed by atoms with Gasteiger partial charge < -0.3 is 15.0 Å². The molecule has 1 unspecified atom stereocenters. The average Bonchev–Trinajstić information content (AvgIpc) is 3.66. The maximum atomic E-state index is 13.6. The molecule has 5 rings (SSSR count). The highest BCUT2D eigenvalue weighted by Crippen LogP contribution is 2.40. The zero-order chi connectivity index (χ0) is 28.3. The molecule has 1 atom stereocenters. The summed E-state index contributed by atoms with van der Waals surface area (Å²) in [5.41, 5.74) is 6.29. The molecule has 2 aromatic heterocycles. The van der Waals surface area contributed by atoms with E-state index in [4.69, 9.17) is 4.74 Å². The average molecular weight is 544 g/mol. The van der Waals surface area contributed by atoms with Crippen LogP contribution in [0.25, 0.3) is 11.3 Å². The molecule has 7 heteroatoms. The van der Waals surface area contributed by atoms with E-state index in [-0.39, 0.29) is 5.91 Å². The van der Waals surface area contributed by atoms with Crippen molar-refractivity contribution in [2.45, 2.75) is 91.1 Å². The molecule has 0 aliphatic carbocycles. The van der Waals surface area contributed by atoms with Crippen LogP contribution in [-0.2, 0) is 11.2 Å². The Morgan fingerprint density at radius 2 is 1.75 bits per heavy atom. The number of ether oxygens (including phenoxy) is 1. The van der Waals surface area contributed by atoms with Crippen LogP contribution in [0, 0.1) is 19.3 Å². The lowest BCUT2D eigenvalue weighted by atomic mass is 9.92. The third kappa shape index (κ3) is 6.09. The molecular formula is C33H45N5O2. The first kappa shape index (κ1) is 28.3. The van der Waals surface area contributed by atoms with Crippen LogP contribution in [0.3, 0.4) is 0 Å². The van der Waals surface area contributed by atoms with E-state index in [1.807, 2.05) is 26.2 Å². The van der Waals surface area contributed by atoms with Crippen molar-refractivity contribution in [3.8, 4) is 17.1 Å². The number of aryl methyl sites for hydroxylation is 2. The van der Waals surface area contributed by atoms with Gasteiger partial charge in [-0.3, -0.25) is 14.9 Å². The summed E-state index contributed by atoms with van der Waals surface area (Å²) < 4.78 is 6.38. The number of carbonyl (C=O) groups excluding carboxylic acids is 1. The Morgan fingerprint density at radius 1 is 1.10 bits per heavy atom. The third-order valence-electron chi connectivity index (χ3n) is 8.79. The SMILES string of the molecule is CCC(CNCCc1c(OCC(C)(C)C(=O)N2C3CCC2CC3)n[nH]c1-c1cc(C)cc(C)c1)c1ccncc1. The number of rotatable bonds is 12. The van der Waals surface area contributed by atoms with Crippen molar-refractivity contribution in [3.05, 3.63) is 65.0 Å². The van der Waals surface area contributed by atoms with Crippen molar-refractivity contribution in [1.82, 2.24) is 25.4 Å². The number of fused-ring (bicyclic) bond motifs is 2. The molecule has 2 aliphatic heterocycles. The molecule has 2 fully saturated rings. The fourth-order valence-corrected chi connectivity index (χ4v) is 6.59. The van der Waals surface area contributed by atoms with Crippen LogP contribution in [0.15, 0.2) is 42.7 Å². The highest BCUT2D eigenvalue weighted by molar-refractivity contribution is 5.83. The van der Waals surface area contributed by atoms with Gasteiger partial charge in [-0.25, -0.2) is 0 Å². The Bertz CT molecular complexity index is 1260. The maximum Gasteiger partial charge on any atom is 0.236 e. The first-order chi connectivity index (χ1) is 19.3. The fourth-order valence-electron chi connectivity index (χ4n) is 6.59. The largest absolute Gasteiger partial charge is 0.475 e. The van der Waals surface area contributed by atoms with Crippen molar-refractivity contribution in [2.75, 3.05) is 19.7 Å². The number of pyridine rings is 1. The molecule has 214 valence electrons. The summed E-state index contributed by atoms with van der Waals surface area (Å²) >= 11 is 0. The molecule has 7 nitrogen and oxygen atoms in total. The van der Waals surface area contributed by atoms with E-state index in [9.17, 15) is 4.79 Å². The molecule has 2 saturated heterocycles. The quantitative estimate of drug-likeness (QED) is 0.275. The number of hydrogen-bond acceptors (Lipinski definition) is 5. The molecular weight excluding hydrogens is 498 g/mol. The summed E-state index contributed by atoms with van der Waals surface area (Å²) in [4.78, 5) is 19.9. The van der Waals surface area contributed by atoms with E-state index in [0.29, 0.717) is 30.5 Å². The van der Waals surface area contributed by atoms with Crippen LogP contribution in [0.5, 0.6) is 5.88 Å². The second-order valence-electron chi connectivity index (χ2n) is 12.4. The standard InChI is InChI=1S/C33H45N5O2/c1-6-24(25-11-14-34-15-12-25)20-35-16-13-29-30(26-18-22(2)17-23(3)19-26)36-37-31(29)40-21-33(4,5)32(39)38-27-7-8-28(38)10-9-27/h11-12,14-15,17-19,24,27-28,35H,6-10,13,16,20-21H2,1-5H3,(H,36,37). The van der Waals surface area contributed by atoms with Gasteiger partial charge in [-0.2, -0.15) is 0 Å². The van der Waals surface area contributed by atoms with E-state index in [0.717, 1.165) is 68.4 Å².